The van der Waals surface area contributed by atoms with Gasteiger partial charge in [-0.25, -0.2) is 4.99 Å². The number of hydrogen-bond donors (Lipinski definition) is 2. The van der Waals surface area contributed by atoms with E-state index in [1.807, 2.05) is 30.3 Å². The van der Waals surface area contributed by atoms with Crippen LogP contribution in [0.4, 0.5) is 0 Å². The first-order valence-electron chi connectivity index (χ1n) is 9.79. The molecular weight excluding hydrogens is 467 g/mol. The standard InChI is InChI=1S/C21H30N4O2.HI/c1-2-6-19(7-3-1)18-24-21(23-11-9-20-8-4-15-27-20)22-10-5-12-25-13-16-26-17-14-25;/h1-4,6-8,15H,5,9-14,16-18H2,(H2,22,23,24);1H. The molecule has 0 atom stereocenters. The van der Waals surface area contributed by atoms with Gasteiger partial charge in [0.05, 0.1) is 26.0 Å². The van der Waals surface area contributed by atoms with Crippen molar-refractivity contribution in [3.05, 3.63) is 60.1 Å². The van der Waals surface area contributed by atoms with E-state index >= 15 is 0 Å². The lowest BCUT2D eigenvalue weighted by molar-refractivity contribution is 0.0376. The van der Waals surface area contributed by atoms with Gasteiger partial charge < -0.3 is 19.8 Å². The van der Waals surface area contributed by atoms with Crippen LogP contribution in [-0.2, 0) is 17.7 Å². The van der Waals surface area contributed by atoms with E-state index in [2.05, 4.69) is 27.7 Å². The minimum absolute atomic E-state index is 0. The lowest BCUT2D eigenvalue weighted by atomic mass is 10.2. The summed E-state index contributed by atoms with van der Waals surface area (Å²) in [4.78, 5) is 7.18. The maximum Gasteiger partial charge on any atom is 0.191 e. The van der Waals surface area contributed by atoms with Crippen molar-refractivity contribution in [2.24, 2.45) is 4.99 Å². The number of rotatable bonds is 9. The van der Waals surface area contributed by atoms with Crippen LogP contribution in [0, 0.1) is 0 Å². The van der Waals surface area contributed by atoms with Gasteiger partial charge in [-0.05, 0) is 30.7 Å². The highest BCUT2D eigenvalue weighted by Crippen LogP contribution is 2.02. The predicted octanol–water partition coefficient (Wildman–Crippen LogP) is 2.90. The fraction of sp³-hybridized carbons (Fsp3) is 0.476. The molecule has 2 aromatic rings. The maximum absolute atomic E-state index is 5.40. The number of nitrogens with one attached hydrogen (secondary N) is 2. The van der Waals surface area contributed by atoms with Crippen LogP contribution in [0.1, 0.15) is 17.7 Å². The van der Waals surface area contributed by atoms with E-state index in [-0.39, 0.29) is 24.0 Å². The number of furan rings is 1. The number of nitrogens with zero attached hydrogens (tertiary/aromatic N) is 2. The second-order valence-electron chi connectivity index (χ2n) is 6.64. The third-order valence-electron chi connectivity index (χ3n) is 4.55. The van der Waals surface area contributed by atoms with Crippen LogP contribution in [-0.4, -0.2) is 56.8 Å². The first kappa shape index (κ1) is 22.7. The molecule has 0 unspecified atom stereocenters. The Morgan fingerprint density at radius 1 is 1.00 bits per heavy atom. The highest BCUT2D eigenvalue weighted by atomic mass is 127. The number of halogens is 1. The summed E-state index contributed by atoms with van der Waals surface area (Å²) in [6, 6.07) is 14.2. The summed E-state index contributed by atoms with van der Waals surface area (Å²) < 4.78 is 10.8. The molecule has 0 aliphatic carbocycles. The molecule has 7 heteroatoms. The molecule has 1 aromatic heterocycles. The van der Waals surface area contributed by atoms with Crippen molar-refractivity contribution in [3.63, 3.8) is 0 Å². The Labute approximate surface area is 184 Å². The quantitative estimate of drug-likeness (QED) is 0.241. The van der Waals surface area contributed by atoms with E-state index in [0.29, 0.717) is 6.54 Å². The van der Waals surface area contributed by atoms with Crippen LogP contribution in [0.15, 0.2) is 58.1 Å². The van der Waals surface area contributed by atoms with Crippen LogP contribution in [0.3, 0.4) is 0 Å². The van der Waals surface area contributed by atoms with Gasteiger partial charge in [0.15, 0.2) is 5.96 Å². The Morgan fingerprint density at radius 3 is 2.54 bits per heavy atom. The van der Waals surface area contributed by atoms with Crippen molar-refractivity contribution in [3.8, 4) is 0 Å². The molecule has 2 N–H and O–H groups in total. The normalized spacial score (nSPS) is 15.1. The summed E-state index contributed by atoms with van der Waals surface area (Å²) in [6.07, 6.45) is 3.64. The van der Waals surface area contributed by atoms with Crippen molar-refractivity contribution < 1.29 is 9.15 Å². The van der Waals surface area contributed by atoms with Gasteiger partial charge in [0.2, 0.25) is 0 Å². The Kier molecular flexibility index (Phi) is 11.0. The molecule has 2 heterocycles. The van der Waals surface area contributed by atoms with Crippen LogP contribution in [0.5, 0.6) is 0 Å². The molecule has 1 aliphatic heterocycles. The zero-order valence-corrected chi connectivity index (χ0v) is 18.6. The van der Waals surface area contributed by atoms with Gasteiger partial charge in [-0.3, -0.25) is 4.90 Å². The molecule has 1 aliphatic rings. The van der Waals surface area contributed by atoms with E-state index < -0.39 is 0 Å². The maximum atomic E-state index is 5.40. The number of benzene rings is 1. The average molecular weight is 498 g/mol. The van der Waals surface area contributed by atoms with Crippen molar-refractivity contribution in [1.29, 1.82) is 0 Å². The molecule has 28 heavy (non-hydrogen) atoms. The molecule has 1 aromatic carbocycles. The molecular formula is C21H31IN4O2. The van der Waals surface area contributed by atoms with Crippen LogP contribution in [0.2, 0.25) is 0 Å². The molecule has 0 amide bonds. The van der Waals surface area contributed by atoms with Crippen molar-refractivity contribution in [1.82, 2.24) is 15.5 Å². The number of morpholine rings is 1. The van der Waals surface area contributed by atoms with E-state index in [9.17, 15) is 0 Å². The first-order chi connectivity index (χ1) is 13.4. The van der Waals surface area contributed by atoms with Crippen molar-refractivity contribution in [2.45, 2.75) is 19.4 Å². The van der Waals surface area contributed by atoms with Crippen molar-refractivity contribution in [2.75, 3.05) is 45.9 Å². The zero-order valence-electron chi connectivity index (χ0n) is 16.3. The lowest BCUT2D eigenvalue weighted by Crippen LogP contribution is -2.41. The monoisotopic (exact) mass is 498 g/mol. The number of aliphatic imine (C=N–C) groups is 1. The van der Waals surface area contributed by atoms with E-state index in [4.69, 9.17) is 14.1 Å². The Bertz CT molecular complexity index is 658. The zero-order chi connectivity index (χ0) is 18.6. The van der Waals surface area contributed by atoms with Gasteiger partial charge in [0.25, 0.3) is 0 Å². The summed E-state index contributed by atoms with van der Waals surface area (Å²) in [5.41, 5.74) is 1.21. The third kappa shape index (κ3) is 8.62. The topological polar surface area (TPSA) is 62.0 Å². The highest BCUT2D eigenvalue weighted by Gasteiger charge is 2.09. The molecule has 0 saturated carbocycles. The number of ether oxygens (including phenoxy) is 1. The van der Waals surface area contributed by atoms with E-state index in [1.54, 1.807) is 6.26 Å². The first-order valence-corrected chi connectivity index (χ1v) is 9.79. The summed E-state index contributed by atoms with van der Waals surface area (Å²) in [5, 5.41) is 6.87. The van der Waals surface area contributed by atoms with E-state index in [0.717, 1.165) is 70.5 Å². The van der Waals surface area contributed by atoms with Crippen LogP contribution >= 0.6 is 24.0 Å². The van der Waals surface area contributed by atoms with Gasteiger partial charge >= 0.3 is 0 Å². The minimum atomic E-state index is 0. The smallest absolute Gasteiger partial charge is 0.191 e. The van der Waals surface area contributed by atoms with Gasteiger partial charge in [-0.2, -0.15) is 0 Å². The molecule has 0 spiro atoms. The average Bonchev–Trinajstić information content (AvgIpc) is 3.24. The summed E-state index contributed by atoms with van der Waals surface area (Å²) >= 11 is 0. The largest absolute Gasteiger partial charge is 0.469 e. The van der Waals surface area contributed by atoms with Crippen LogP contribution < -0.4 is 10.6 Å². The second kappa shape index (κ2) is 13.6. The Morgan fingerprint density at radius 2 is 1.79 bits per heavy atom. The fourth-order valence-corrected chi connectivity index (χ4v) is 3.02. The predicted molar refractivity (Wildman–Crippen MR) is 123 cm³/mol. The molecule has 6 nitrogen and oxygen atoms in total. The molecule has 3 rings (SSSR count). The third-order valence-corrected chi connectivity index (χ3v) is 4.55. The molecule has 154 valence electrons. The molecule has 0 radical (unpaired) electrons. The lowest BCUT2D eigenvalue weighted by Gasteiger charge is -2.26. The van der Waals surface area contributed by atoms with Gasteiger partial charge in [0, 0.05) is 32.6 Å². The van der Waals surface area contributed by atoms with Gasteiger partial charge in [-0.15, -0.1) is 24.0 Å². The van der Waals surface area contributed by atoms with Gasteiger partial charge in [0.1, 0.15) is 5.76 Å². The van der Waals surface area contributed by atoms with Crippen LogP contribution in [0.25, 0.3) is 0 Å². The molecule has 1 saturated heterocycles. The SMILES string of the molecule is I.c1ccc(CN=C(NCCCN2CCOCC2)NCCc2ccco2)cc1. The Hall–Kier alpha value is -1.58. The van der Waals surface area contributed by atoms with Gasteiger partial charge in [-0.1, -0.05) is 30.3 Å². The summed E-state index contributed by atoms with van der Waals surface area (Å²) in [5.74, 6) is 1.84. The number of hydrogen-bond acceptors (Lipinski definition) is 4. The Balaban J connectivity index is 0.00000280. The summed E-state index contributed by atoms with van der Waals surface area (Å²) in [6.45, 7) is 7.23. The summed E-state index contributed by atoms with van der Waals surface area (Å²) in [7, 11) is 0. The molecule has 1 fully saturated rings. The fourth-order valence-electron chi connectivity index (χ4n) is 3.02. The van der Waals surface area contributed by atoms with Crippen molar-refractivity contribution >= 4 is 29.9 Å². The number of guanidine groups is 1. The minimum Gasteiger partial charge on any atom is -0.469 e. The highest BCUT2D eigenvalue weighted by molar-refractivity contribution is 14.0. The van der Waals surface area contributed by atoms with E-state index in [1.165, 1.54) is 5.56 Å². The molecule has 0 bridgehead atoms. The second-order valence-corrected chi connectivity index (χ2v) is 6.64.